The second-order valence-corrected chi connectivity index (χ2v) is 9.32. The van der Waals surface area contributed by atoms with E-state index in [9.17, 15) is 4.79 Å². The van der Waals surface area contributed by atoms with Gasteiger partial charge in [0, 0.05) is 42.0 Å². The average molecular weight is 414 g/mol. The van der Waals surface area contributed by atoms with Gasteiger partial charge in [-0.15, -0.1) is 10.2 Å². The van der Waals surface area contributed by atoms with Crippen LogP contribution < -0.4 is 5.73 Å². The topological polar surface area (TPSA) is 77.0 Å². The SMILES string of the molecule is NC[C@]1(c2cccc(Cl)c2)CC[C@H](N2CCn3c(nnc3C3CCC3)C2=O)CC1. The van der Waals surface area contributed by atoms with E-state index in [1.165, 1.54) is 24.8 Å². The molecule has 6 nitrogen and oxygen atoms in total. The summed E-state index contributed by atoms with van der Waals surface area (Å²) in [5.41, 5.74) is 7.42. The molecule has 0 radical (unpaired) electrons. The van der Waals surface area contributed by atoms with E-state index in [1.807, 2.05) is 23.1 Å². The van der Waals surface area contributed by atoms with E-state index in [0.29, 0.717) is 18.3 Å². The molecule has 0 spiro atoms. The standard InChI is InChI=1S/C22H28ClN5O/c23-17-6-2-5-16(13-17)22(14-24)9-7-18(8-10-22)27-11-12-28-19(15-3-1-4-15)25-26-20(28)21(27)29/h2,5-6,13,15,18H,1,3-4,7-12,14,24H2/t18-,22-. The van der Waals surface area contributed by atoms with E-state index in [4.69, 9.17) is 17.3 Å². The number of carbonyl (C=O) groups is 1. The van der Waals surface area contributed by atoms with Crippen LogP contribution in [-0.2, 0) is 12.0 Å². The molecular weight excluding hydrogens is 386 g/mol. The normalized spacial score (nSPS) is 27.6. The lowest BCUT2D eigenvalue weighted by Crippen LogP contribution is -2.51. The van der Waals surface area contributed by atoms with Crippen molar-refractivity contribution in [2.75, 3.05) is 13.1 Å². The molecule has 1 aliphatic heterocycles. The zero-order valence-corrected chi connectivity index (χ0v) is 17.4. The number of nitrogens with zero attached hydrogens (tertiary/aromatic N) is 4. The Labute approximate surface area is 176 Å². The van der Waals surface area contributed by atoms with Crippen molar-refractivity contribution in [3.05, 3.63) is 46.5 Å². The summed E-state index contributed by atoms with van der Waals surface area (Å²) in [6, 6.07) is 8.34. The second-order valence-electron chi connectivity index (χ2n) is 8.89. The predicted octanol–water partition coefficient (Wildman–Crippen LogP) is 3.49. The molecule has 1 amide bonds. The fraction of sp³-hybridized carbons (Fsp3) is 0.591. The van der Waals surface area contributed by atoms with Gasteiger partial charge >= 0.3 is 0 Å². The summed E-state index contributed by atoms with van der Waals surface area (Å²) in [6.07, 6.45) is 7.45. The van der Waals surface area contributed by atoms with E-state index in [1.54, 1.807) is 0 Å². The highest BCUT2D eigenvalue weighted by molar-refractivity contribution is 6.30. The molecule has 3 aliphatic rings. The smallest absolute Gasteiger partial charge is 0.292 e. The molecule has 29 heavy (non-hydrogen) atoms. The zero-order valence-electron chi connectivity index (χ0n) is 16.7. The third kappa shape index (κ3) is 3.17. The molecule has 154 valence electrons. The molecule has 1 aromatic carbocycles. The van der Waals surface area contributed by atoms with Crippen molar-refractivity contribution in [2.24, 2.45) is 5.73 Å². The largest absolute Gasteiger partial charge is 0.331 e. The average Bonchev–Trinajstić information content (AvgIpc) is 3.12. The van der Waals surface area contributed by atoms with Crippen molar-refractivity contribution in [1.29, 1.82) is 0 Å². The van der Waals surface area contributed by atoms with Gasteiger partial charge in [0.2, 0.25) is 5.82 Å². The maximum atomic E-state index is 13.2. The van der Waals surface area contributed by atoms with Crippen molar-refractivity contribution >= 4 is 17.5 Å². The van der Waals surface area contributed by atoms with Crippen molar-refractivity contribution in [3.63, 3.8) is 0 Å². The number of halogens is 1. The van der Waals surface area contributed by atoms with Crippen LogP contribution >= 0.6 is 11.6 Å². The Kier molecular flexibility index (Phi) is 4.87. The number of fused-ring (bicyclic) bond motifs is 1. The third-order valence-corrected chi connectivity index (χ3v) is 7.68. The number of amides is 1. The lowest BCUT2D eigenvalue weighted by atomic mass is 9.68. The van der Waals surface area contributed by atoms with Crippen molar-refractivity contribution < 1.29 is 4.79 Å². The maximum absolute atomic E-state index is 13.2. The van der Waals surface area contributed by atoms with E-state index >= 15 is 0 Å². The van der Waals surface area contributed by atoms with E-state index in [2.05, 4.69) is 20.8 Å². The van der Waals surface area contributed by atoms with Gasteiger partial charge in [0.05, 0.1) is 0 Å². The monoisotopic (exact) mass is 413 g/mol. The molecule has 2 saturated carbocycles. The molecule has 7 heteroatoms. The second kappa shape index (κ2) is 7.40. The Morgan fingerprint density at radius 2 is 1.93 bits per heavy atom. The number of benzene rings is 1. The molecule has 0 bridgehead atoms. The molecule has 2 N–H and O–H groups in total. The van der Waals surface area contributed by atoms with Gasteiger partial charge in [0.1, 0.15) is 5.82 Å². The van der Waals surface area contributed by atoms with Gasteiger partial charge in [-0.2, -0.15) is 0 Å². The Morgan fingerprint density at radius 3 is 2.59 bits per heavy atom. The van der Waals surface area contributed by atoms with Crippen LogP contribution in [0.15, 0.2) is 24.3 Å². The van der Waals surface area contributed by atoms with Gasteiger partial charge in [-0.25, -0.2) is 0 Å². The number of hydrogen-bond acceptors (Lipinski definition) is 4. The van der Waals surface area contributed by atoms with Crippen LogP contribution in [0.25, 0.3) is 0 Å². The number of hydrogen-bond donors (Lipinski definition) is 1. The van der Waals surface area contributed by atoms with Gasteiger partial charge in [0.15, 0.2) is 0 Å². The number of rotatable bonds is 4. The number of aromatic nitrogens is 3. The third-order valence-electron chi connectivity index (χ3n) is 7.45. The summed E-state index contributed by atoms with van der Waals surface area (Å²) in [7, 11) is 0. The molecule has 0 saturated heterocycles. The van der Waals surface area contributed by atoms with E-state index < -0.39 is 0 Å². The Bertz CT molecular complexity index is 914. The number of nitrogens with two attached hydrogens (primary N) is 1. The summed E-state index contributed by atoms with van der Waals surface area (Å²) in [6.45, 7) is 2.17. The van der Waals surface area contributed by atoms with Gasteiger partial charge < -0.3 is 15.2 Å². The van der Waals surface area contributed by atoms with E-state index in [0.717, 1.165) is 49.6 Å². The summed E-state index contributed by atoms with van der Waals surface area (Å²) in [5, 5.41) is 9.40. The molecule has 2 aliphatic carbocycles. The summed E-state index contributed by atoms with van der Waals surface area (Å²) >= 11 is 6.23. The van der Waals surface area contributed by atoms with Crippen LogP contribution in [0.1, 0.15) is 72.9 Å². The minimum atomic E-state index is -0.0440. The van der Waals surface area contributed by atoms with Crippen molar-refractivity contribution in [2.45, 2.75) is 68.9 Å². The lowest BCUT2D eigenvalue weighted by molar-refractivity contribution is 0.0519. The first-order valence-corrected chi connectivity index (χ1v) is 11.2. The van der Waals surface area contributed by atoms with Crippen LogP contribution in [0, 0.1) is 0 Å². The maximum Gasteiger partial charge on any atom is 0.292 e. The first-order valence-electron chi connectivity index (χ1n) is 10.8. The number of carbonyl (C=O) groups excluding carboxylic acids is 1. The molecule has 2 aromatic rings. The van der Waals surface area contributed by atoms with E-state index in [-0.39, 0.29) is 17.4 Å². The molecule has 0 atom stereocenters. The Hall–Kier alpha value is -1.92. The first kappa shape index (κ1) is 19.1. The molecule has 2 fully saturated rings. The highest BCUT2D eigenvalue weighted by Crippen LogP contribution is 2.42. The lowest BCUT2D eigenvalue weighted by Gasteiger charge is -2.44. The van der Waals surface area contributed by atoms with Crippen LogP contribution in [0.3, 0.4) is 0 Å². The molecule has 1 aromatic heterocycles. The quantitative estimate of drug-likeness (QED) is 0.832. The van der Waals surface area contributed by atoms with Crippen molar-refractivity contribution in [1.82, 2.24) is 19.7 Å². The van der Waals surface area contributed by atoms with Crippen LogP contribution in [0.5, 0.6) is 0 Å². The first-order chi connectivity index (χ1) is 14.1. The van der Waals surface area contributed by atoms with Crippen LogP contribution in [-0.4, -0.2) is 44.7 Å². The Morgan fingerprint density at radius 1 is 1.14 bits per heavy atom. The van der Waals surface area contributed by atoms with Crippen LogP contribution in [0.2, 0.25) is 5.02 Å². The fourth-order valence-corrected chi connectivity index (χ4v) is 5.53. The van der Waals surface area contributed by atoms with Crippen molar-refractivity contribution in [3.8, 4) is 0 Å². The molecule has 0 unspecified atom stereocenters. The minimum absolute atomic E-state index is 0.0438. The summed E-state index contributed by atoms with van der Waals surface area (Å²) in [4.78, 5) is 15.2. The summed E-state index contributed by atoms with van der Waals surface area (Å²) in [5.74, 6) is 2.09. The molecule has 2 heterocycles. The van der Waals surface area contributed by atoms with Gasteiger partial charge in [-0.3, -0.25) is 4.79 Å². The van der Waals surface area contributed by atoms with Gasteiger partial charge in [-0.1, -0.05) is 30.2 Å². The highest BCUT2D eigenvalue weighted by atomic mass is 35.5. The Balaban J connectivity index is 1.31. The fourth-order valence-electron chi connectivity index (χ4n) is 5.34. The van der Waals surface area contributed by atoms with Crippen LogP contribution in [0.4, 0.5) is 0 Å². The zero-order chi connectivity index (χ0) is 20.0. The molecule has 5 rings (SSSR count). The minimum Gasteiger partial charge on any atom is -0.331 e. The predicted molar refractivity (Wildman–Crippen MR) is 112 cm³/mol. The summed E-state index contributed by atoms with van der Waals surface area (Å²) < 4.78 is 2.07. The molecular formula is C22H28ClN5O. The van der Waals surface area contributed by atoms with Gasteiger partial charge in [0.25, 0.3) is 5.91 Å². The van der Waals surface area contributed by atoms with Gasteiger partial charge in [-0.05, 0) is 56.2 Å². The highest BCUT2D eigenvalue weighted by Gasteiger charge is 2.41.